The van der Waals surface area contributed by atoms with Crippen molar-refractivity contribution in [3.8, 4) is 11.1 Å². The third kappa shape index (κ3) is 3.30. The maximum absolute atomic E-state index is 13.6. The molecule has 1 unspecified atom stereocenters. The second-order valence-electron chi connectivity index (χ2n) is 6.91. The highest BCUT2D eigenvalue weighted by molar-refractivity contribution is 14.1. The predicted molar refractivity (Wildman–Crippen MR) is 123 cm³/mol. The number of rotatable bonds is 3. The van der Waals surface area contributed by atoms with Crippen molar-refractivity contribution in [1.29, 1.82) is 5.41 Å². The van der Waals surface area contributed by atoms with Gasteiger partial charge in [0.2, 0.25) is 0 Å². The molecule has 1 aliphatic rings. The second kappa shape index (κ2) is 7.39. The van der Waals surface area contributed by atoms with Gasteiger partial charge in [-0.05, 0) is 89.5 Å². The van der Waals surface area contributed by atoms with Crippen LogP contribution >= 0.6 is 22.6 Å². The Morgan fingerprint density at radius 1 is 1.07 bits per heavy atom. The van der Waals surface area contributed by atoms with E-state index in [0.717, 1.165) is 31.6 Å². The van der Waals surface area contributed by atoms with Gasteiger partial charge in [0.1, 0.15) is 6.17 Å². The highest BCUT2D eigenvalue weighted by atomic mass is 127. The van der Waals surface area contributed by atoms with E-state index in [1.807, 2.05) is 73.7 Å². The molecule has 0 aliphatic carbocycles. The highest BCUT2D eigenvalue weighted by Crippen LogP contribution is 2.36. The van der Waals surface area contributed by atoms with E-state index >= 15 is 0 Å². The van der Waals surface area contributed by atoms with Crippen molar-refractivity contribution in [1.82, 2.24) is 0 Å². The van der Waals surface area contributed by atoms with E-state index in [1.165, 1.54) is 0 Å². The molecule has 0 bridgehead atoms. The van der Waals surface area contributed by atoms with Crippen LogP contribution < -0.4 is 10.2 Å². The summed E-state index contributed by atoms with van der Waals surface area (Å²) in [7, 11) is 0. The minimum Gasteiger partial charge on any atom is -0.364 e. The lowest BCUT2D eigenvalue weighted by Crippen LogP contribution is -2.47. The topological polar surface area (TPSA) is 56.2 Å². The number of carbonyl (C=O) groups excluding carboxylic acids is 1. The molecule has 28 heavy (non-hydrogen) atoms. The maximum Gasteiger partial charge on any atom is 0.262 e. The van der Waals surface area contributed by atoms with Crippen LogP contribution in [0.1, 0.15) is 29.8 Å². The molecule has 0 fully saturated rings. The van der Waals surface area contributed by atoms with E-state index in [0.29, 0.717) is 11.3 Å². The number of nitrogens with one attached hydrogen (secondary N) is 2. The Labute approximate surface area is 178 Å². The van der Waals surface area contributed by atoms with Gasteiger partial charge in [0.05, 0.1) is 5.56 Å². The molecule has 5 heteroatoms. The second-order valence-corrected chi connectivity index (χ2v) is 8.15. The number of carbonyl (C=O) groups is 1. The number of halogens is 1. The molecule has 1 amide bonds. The molecule has 0 radical (unpaired) electrons. The Kier molecular flexibility index (Phi) is 4.93. The molecular weight excluding hydrogens is 461 g/mol. The summed E-state index contributed by atoms with van der Waals surface area (Å²) in [5.74, 6) is -0.0185. The number of amides is 1. The van der Waals surface area contributed by atoms with E-state index < -0.39 is 0 Å². The van der Waals surface area contributed by atoms with Crippen LogP contribution in [0.5, 0.6) is 0 Å². The zero-order valence-electron chi connectivity index (χ0n) is 15.7. The fraction of sp³-hybridized carbons (Fsp3) is 0.130. The monoisotopic (exact) mass is 481 g/mol. The van der Waals surface area contributed by atoms with Crippen LogP contribution in [-0.2, 0) is 0 Å². The molecule has 0 saturated carbocycles. The van der Waals surface area contributed by atoms with Crippen LogP contribution in [0.25, 0.3) is 11.1 Å². The van der Waals surface area contributed by atoms with Gasteiger partial charge in [0, 0.05) is 20.7 Å². The van der Waals surface area contributed by atoms with Crippen molar-refractivity contribution < 1.29 is 4.79 Å². The quantitative estimate of drug-likeness (QED) is 0.369. The molecule has 0 saturated heterocycles. The molecule has 3 aromatic rings. The minimum atomic E-state index is -0.148. The van der Waals surface area contributed by atoms with Crippen molar-refractivity contribution in [3.05, 3.63) is 81.4 Å². The standard InChI is InChI=1S/C23H20IN3O/c1-14(25)16-5-3-6-17(13-16)20-7-4-8-21-22(20)23(28)27(15(2)26-21)19-11-9-18(24)10-12-19/h3-13,15,25-26H,1-2H3. The van der Waals surface area contributed by atoms with E-state index in [2.05, 4.69) is 27.9 Å². The summed E-state index contributed by atoms with van der Waals surface area (Å²) >= 11 is 2.26. The SMILES string of the molecule is CC(=N)c1cccc(-c2cccc3c2C(=O)N(c2ccc(I)cc2)C(C)N3)c1. The lowest BCUT2D eigenvalue weighted by atomic mass is 9.93. The minimum absolute atomic E-state index is 0.0185. The van der Waals surface area contributed by atoms with Crippen LogP contribution in [0.4, 0.5) is 11.4 Å². The first-order valence-electron chi connectivity index (χ1n) is 9.10. The molecule has 1 aliphatic heterocycles. The van der Waals surface area contributed by atoms with Crippen molar-refractivity contribution in [3.63, 3.8) is 0 Å². The van der Waals surface area contributed by atoms with Gasteiger partial charge in [-0.2, -0.15) is 0 Å². The van der Waals surface area contributed by atoms with E-state index in [9.17, 15) is 4.79 Å². The fourth-order valence-corrected chi connectivity index (χ4v) is 3.95. The van der Waals surface area contributed by atoms with Gasteiger partial charge in [-0.15, -0.1) is 0 Å². The first-order chi connectivity index (χ1) is 13.5. The molecule has 3 aromatic carbocycles. The largest absolute Gasteiger partial charge is 0.364 e. The zero-order valence-corrected chi connectivity index (χ0v) is 17.8. The number of fused-ring (bicyclic) bond motifs is 1. The summed E-state index contributed by atoms with van der Waals surface area (Å²) in [6, 6.07) is 21.7. The molecule has 0 spiro atoms. The number of anilines is 2. The molecular formula is C23H20IN3O. The summed E-state index contributed by atoms with van der Waals surface area (Å²) in [6.45, 7) is 3.76. The normalized spacial score (nSPS) is 15.8. The Morgan fingerprint density at radius 3 is 2.50 bits per heavy atom. The first-order valence-corrected chi connectivity index (χ1v) is 10.2. The summed E-state index contributed by atoms with van der Waals surface area (Å²) in [5.41, 5.74) is 5.55. The van der Waals surface area contributed by atoms with Gasteiger partial charge >= 0.3 is 0 Å². The van der Waals surface area contributed by atoms with Gasteiger partial charge in [-0.25, -0.2) is 0 Å². The highest BCUT2D eigenvalue weighted by Gasteiger charge is 2.32. The average molecular weight is 481 g/mol. The molecule has 4 nitrogen and oxygen atoms in total. The summed E-state index contributed by atoms with van der Waals surface area (Å²) in [5, 5.41) is 11.4. The third-order valence-electron chi connectivity index (χ3n) is 4.96. The molecule has 0 aromatic heterocycles. The van der Waals surface area contributed by atoms with Crippen LogP contribution in [0.15, 0.2) is 66.7 Å². The molecule has 4 rings (SSSR count). The van der Waals surface area contributed by atoms with E-state index in [-0.39, 0.29) is 12.1 Å². The number of benzene rings is 3. The molecule has 1 atom stereocenters. The van der Waals surface area contributed by atoms with Crippen molar-refractivity contribution >= 4 is 45.6 Å². The average Bonchev–Trinajstić information content (AvgIpc) is 2.69. The summed E-state index contributed by atoms with van der Waals surface area (Å²) < 4.78 is 1.13. The first kappa shape index (κ1) is 18.7. The predicted octanol–water partition coefficient (Wildman–Crippen LogP) is 5.76. The van der Waals surface area contributed by atoms with Gasteiger partial charge in [-0.3, -0.25) is 9.69 Å². The fourth-order valence-electron chi connectivity index (χ4n) is 3.59. The zero-order chi connectivity index (χ0) is 19.8. The Balaban J connectivity index is 1.84. The number of hydrogen-bond acceptors (Lipinski definition) is 3. The van der Waals surface area contributed by atoms with Crippen molar-refractivity contribution in [2.24, 2.45) is 0 Å². The van der Waals surface area contributed by atoms with Crippen LogP contribution in [0.2, 0.25) is 0 Å². The van der Waals surface area contributed by atoms with Crippen LogP contribution in [0, 0.1) is 8.98 Å². The van der Waals surface area contributed by atoms with E-state index in [4.69, 9.17) is 5.41 Å². The molecule has 140 valence electrons. The van der Waals surface area contributed by atoms with Gasteiger partial charge < -0.3 is 10.7 Å². The van der Waals surface area contributed by atoms with E-state index in [1.54, 1.807) is 11.8 Å². The van der Waals surface area contributed by atoms with Crippen LogP contribution in [0.3, 0.4) is 0 Å². The lowest BCUT2D eigenvalue weighted by Gasteiger charge is -2.36. The maximum atomic E-state index is 13.6. The van der Waals surface area contributed by atoms with Gasteiger partial charge in [0.25, 0.3) is 5.91 Å². The number of hydrogen-bond donors (Lipinski definition) is 2. The van der Waals surface area contributed by atoms with Crippen molar-refractivity contribution in [2.75, 3.05) is 10.2 Å². The Hall–Kier alpha value is -2.67. The third-order valence-corrected chi connectivity index (χ3v) is 5.68. The smallest absolute Gasteiger partial charge is 0.262 e. The Bertz CT molecular complexity index is 1080. The lowest BCUT2D eigenvalue weighted by molar-refractivity contribution is 0.0978. The molecule has 1 heterocycles. The van der Waals surface area contributed by atoms with Gasteiger partial charge in [0.15, 0.2) is 0 Å². The van der Waals surface area contributed by atoms with Gasteiger partial charge in [-0.1, -0.05) is 30.3 Å². The summed E-state index contributed by atoms with van der Waals surface area (Å²) in [4.78, 5) is 15.4. The summed E-state index contributed by atoms with van der Waals surface area (Å²) in [6.07, 6.45) is -0.148. The van der Waals surface area contributed by atoms with Crippen molar-refractivity contribution in [2.45, 2.75) is 20.0 Å². The molecule has 2 N–H and O–H groups in total. The Morgan fingerprint density at radius 2 is 1.79 bits per heavy atom. The number of nitrogens with zero attached hydrogens (tertiary/aromatic N) is 1. The van der Waals surface area contributed by atoms with Crippen LogP contribution in [-0.4, -0.2) is 17.8 Å².